The maximum Gasteiger partial charge on any atom is 0.294 e. The van der Waals surface area contributed by atoms with Gasteiger partial charge in [-0.25, -0.2) is 4.57 Å². The molecule has 0 amide bonds. The monoisotopic (exact) mass is 463 g/mol. The van der Waals surface area contributed by atoms with E-state index < -0.39 is 0 Å². The molecule has 1 fully saturated rings. The van der Waals surface area contributed by atoms with Gasteiger partial charge in [-0.3, -0.25) is 0 Å². The Bertz CT molecular complexity index is 1550. The minimum atomic E-state index is 0.172. The highest BCUT2D eigenvalue weighted by Gasteiger charge is 2.47. The average molecular weight is 464 g/mol. The third kappa shape index (κ3) is 3.43. The number of furan rings is 1. The van der Waals surface area contributed by atoms with Gasteiger partial charge in [-0.05, 0) is 62.3 Å². The Morgan fingerprint density at radius 3 is 2.20 bits per heavy atom. The molecule has 0 spiro atoms. The van der Waals surface area contributed by atoms with Gasteiger partial charge in [0.05, 0.1) is 5.56 Å². The van der Waals surface area contributed by atoms with Gasteiger partial charge in [-0.2, -0.15) is 4.57 Å². The quantitative estimate of drug-likeness (QED) is 0.240. The van der Waals surface area contributed by atoms with Gasteiger partial charge < -0.3 is 4.42 Å². The van der Waals surface area contributed by atoms with E-state index in [1.54, 1.807) is 0 Å². The Labute approximate surface area is 208 Å². The first-order valence-electron chi connectivity index (χ1n) is 13.0. The Morgan fingerprint density at radius 1 is 0.857 bits per heavy atom. The number of nitrogens with zero attached hydrogens (tertiary/aromatic N) is 2. The maximum absolute atomic E-state index is 6.22. The zero-order valence-electron chi connectivity index (χ0n) is 21.7. The molecular weight excluding hydrogens is 428 g/mol. The summed E-state index contributed by atoms with van der Waals surface area (Å²) >= 11 is 0. The van der Waals surface area contributed by atoms with Gasteiger partial charge in [0, 0.05) is 21.9 Å². The van der Waals surface area contributed by atoms with Crippen LogP contribution in [0.2, 0.25) is 0 Å². The highest BCUT2D eigenvalue weighted by Crippen LogP contribution is 2.42. The van der Waals surface area contributed by atoms with Gasteiger partial charge in [-0.15, -0.1) is 0 Å². The number of hydrogen-bond acceptors (Lipinski definition) is 1. The fourth-order valence-corrected chi connectivity index (χ4v) is 5.59. The number of aromatic nitrogens is 2. The largest absolute Gasteiger partial charge is 0.456 e. The van der Waals surface area contributed by atoms with E-state index in [-0.39, 0.29) is 5.54 Å². The predicted octanol–water partition coefficient (Wildman–Crippen LogP) is 8.40. The van der Waals surface area contributed by atoms with Crippen LogP contribution in [0.1, 0.15) is 76.0 Å². The SMILES string of the molecule is Cc1cc2oc3ccccc3c2cc1-c1n(-c2c(C(C)C)cccc2C(C)C)cc[n+]1C1(C)CC1. The van der Waals surface area contributed by atoms with E-state index in [4.69, 9.17) is 4.42 Å². The number of imidazole rings is 1. The summed E-state index contributed by atoms with van der Waals surface area (Å²) in [6.07, 6.45) is 7.03. The normalized spacial score (nSPS) is 15.1. The maximum atomic E-state index is 6.22. The Morgan fingerprint density at radius 2 is 1.54 bits per heavy atom. The van der Waals surface area contributed by atoms with E-state index in [1.807, 2.05) is 6.07 Å². The van der Waals surface area contributed by atoms with Crippen LogP contribution >= 0.6 is 0 Å². The lowest BCUT2D eigenvalue weighted by Gasteiger charge is -2.19. The van der Waals surface area contributed by atoms with E-state index in [1.165, 1.54) is 57.4 Å². The Hall–Kier alpha value is -3.33. The molecule has 3 heteroatoms. The van der Waals surface area contributed by atoms with Crippen LogP contribution in [-0.4, -0.2) is 4.57 Å². The van der Waals surface area contributed by atoms with Crippen molar-refractivity contribution in [2.24, 2.45) is 0 Å². The van der Waals surface area contributed by atoms with Crippen molar-refractivity contribution in [1.82, 2.24) is 4.57 Å². The molecule has 3 nitrogen and oxygen atoms in total. The second-order valence-electron chi connectivity index (χ2n) is 11.2. The molecule has 0 saturated heterocycles. The van der Waals surface area contributed by atoms with Gasteiger partial charge in [-0.1, -0.05) is 64.1 Å². The molecule has 0 bridgehead atoms. The van der Waals surface area contributed by atoms with Crippen molar-refractivity contribution < 1.29 is 8.98 Å². The smallest absolute Gasteiger partial charge is 0.294 e. The molecule has 6 rings (SSSR count). The molecule has 0 unspecified atom stereocenters. The van der Waals surface area contributed by atoms with Crippen LogP contribution < -0.4 is 4.57 Å². The summed E-state index contributed by atoms with van der Waals surface area (Å²) in [7, 11) is 0. The van der Waals surface area contributed by atoms with Crippen LogP contribution in [0.4, 0.5) is 0 Å². The first-order chi connectivity index (χ1) is 16.8. The van der Waals surface area contributed by atoms with Crippen molar-refractivity contribution in [3.63, 3.8) is 0 Å². The summed E-state index contributed by atoms with van der Waals surface area (Å²) in [5.74, 6) is 2.14. The zero-order chi connectivity index (χ0) is 24.5. The van der Waals surface area contributed by atoms with E-state index in [9.17, 15) is 0 Å². The van der Waals surface area contributed by atoms with Crippen molar-refractivity contribution in [1.29, 1.82) is 0 Å². The highest BCUT2D eigenvalue weighted by molar-refractivity contribution is 6.06. The van der Waals surface area contributed by atoms with Crippen molar-refractivity contribution >= 4 is 21.9 Å². The van der Waals surface area contributed by atoms with Gasteiger partial charge in [0.25, 0.3) is 5.82 Å². The first-order valence-corrected chi connectivity index (χ1v) is 13.0. The van der Waals surface area contributed by atoms with Crippen LogP contribution in [0.15, 0.2) is 71.4 Å². The Balaban J connectivity index is 1.70. The summed E-state index contributed by atoms with van der Waals surface area (Å²) in [5, 5.41) is 2.36. The number of fused-ring (bicyclic) bond motifs is 3. The minimum Gasteiger partial charge on any atom is -0.456 e. The molecular formula is C32H35N2O+. The molecule has 0 N–H and O–H groups in total. The van der Waals surface area contributed by atoms with E-state index in [0.717, 1.165) is 11.2 Å². The third-order valence-corrected chi connectivity index (χ3v) is 7.92. The molecule has 35 heavy (non-hydrogen) atoms. The number of hydrogen-bond donors (Lipinski definition) is 0. The molecule has 3 aromatic carbocycles. The fourth-order valence-electron chi connectivity index (χ4n) is 5.59. The van der Waals surface area contributed by atoms with Gasteiger partial charge in [0.15, 0.2) is 0 Å². The van der Waals surface area contributed by atoms with Gasteiger partial charge in [0.1, 0.15) is 34.8 Å². The van der Waals surface area contributed by atoms with Crippen molar-refractivity contribution in [2.75, 3.05) is 0 Å². The summed E-state index contributed by atoms with van der Waals surface area (Å²) in [6.45, 7) is 13.8. The van der Waals surface area contributed by atoms with Crippen LogP contribution in [0, 0.1) is 6.92 Å². The van der Waals surface area contributed by atoms with E-state index in [0.29, 0.717) is 11.8 Å². The van der Waals surface area contributed by atoms with Gasteiger partial charge >= 0.3 is 0 Å². The summed E-state index contributed by atoms with van der Waals surface area (Å²) in [4.78, 5) is 0. The summed E-state index contributed by atoms with van der Waals surface area (Å²) < 4.78 is 11.2. The predicted molar refractivity (Wildman–Crippen MR) is 144 cm³/mol. The van der Waals surface area contributed by atoms with Crippen LogP contribution in [-0.2, 0) is 5.54 Å². The van der Waals surface area contributed by atoms with Gasteiger partial charge in [0.2, 0.25) is 0 Å². The standard InChI is InChI=1S/C32H35N2O/c1-20(2)23-11-9-12-24(21(3)4)30(23)33-16-17-34(32(6)14-15-32)31(33)26-19-27-25-10-7-8-13-28(25)35-29(27)18-22(26)5/h7-13,16-21H,14-15H2,1-6H3/q+1. The molecule has 178 valence electrons. The third-order valence-electron chi connectivity index (χ3n) is 7.92. The fraction of sp³-hybridized carbons (Fsp3) is 0.344. The Kier molecular flexibility index (Phi) is 4.96. The molecule has 2 heterocycles. The average Bonchev–Trinajstić information content (AvgIpc) is 3.27. The van der Waals surface area contributed by atoms with Crippen LogP contribution in [0.25, 0.3) is 39.0 Å². The summed E-state index contributed by atoms with van der Waals surface area (Å²) in [5.41, 5.74) is 8.72. The van der Waals surface area contributed by atoms with E-state index in [2.05, 4.69) is 112 Å². The number of aryl methyl sites for hydroxylation is 1. The van der Waals surface area contributed by atoms with E-state index >= 15 is 0 Å². The number of benzene rings is 3. The van der Waals surface area contributed by atoms with Crippen LogP contribution in [0.3, 0.4) is 0 Å². The molecule has 0 aliphatic heterocycles. The zero-order valence-corrected chi connectivity index (χ0v) is 21.7. The van der Waals surface area contributed by atoms with Crippen molar-refractivity contribution in [3.8, 4) is 17.1 Å². The second kappa shape index (κ2) is 7.84. The molecule has 1 aliphatic carbocycles. The molecule has 1 aliphatic rings. The first kappa shape index (κ1) is 22.2. The molecule has 0 radical (unpaired) electrons. The molecule has 1 saturated carbocycles. The topological polar surface area (TPSA) is 21.9 Å². The van der Waals surface area contributed by atoms with Crippen LogP contribution in [0.5, 0.6) is 0 Å². The lowest BCUT2D eigenvalue weighted by Crippen LogP contribution is -2.45. The number of rotatable bonds is 5. The molecule has 5 aromatic rings. The molecule has 0 atom stereocenters. The minimum absolute atomic E-state index is 0.172. The van der Waals surface area contributed by atoms with Crippen molar-refractivity contribution in [3.05, 3.63) is 83.7 Å². The molecule has 2 aromatic heterocycles. The lowest BCUT2D eigenvalue weighted by atomic mass is 9.92. The highest BCUT2D eigenvalue weighted by atomic mass is 16.3. The second-order valence-corrected chi connectivity index (χ2v) is 11.2. The number of para-hydroxylation sites is 2. The summed E-state index contributed by atoms with van der Waals surface area (Å²) in [6, 6.07) is 19.8. The lowest BCUT2D eigenvalue weighted by molar-refractivity contribution is -0.724. The van der Waals surface area contributed by atoms with Crippen molar-refractivity contribution in [2.45, 2.75) is 71.8 Å².